The minimum Gasteiger partial charge on any atom is -0.486 e. The minimum atomic E-state index is -4.38. The van der Waals surface area contributed by atoms with E-state index in [1.165, 1.54) is 12.1 Å². The number of unbranched alkanes of at least 4 members (excludes halogenated alkanes) is 1. The zero-order valence-corrected chi connectivity index (χ0v) is 15.8. The van der Waals surface area contributed by atoms with Crippen molar-refractivity contribution >= 4 is 11.6 Å². The second-order valence-corrected chi connectivity index (χ2v) is 6.78. The van der Waals surface area contributed by atoms with Gasteiger partial charge in [0.15, 0.2) is 11.5 Å². The van der Waals surface area contributed by atoms with E-state index in [2.05, 4.69) is 10.6 Å². The van der Waals surface area contributed by atoms with Gasteiger partial charge in [0.2, 0.25) is 5.91 Å². The molecule has 3 rings (SSSR count). The maximum absolute atomic E-state index is 12.5. The second-order valence-electron chi connectivity index (χ2n) is 6.78. The molecular weight excluding hydrogens is 385 g/mol. The topological polar surface area (TPSA) is 59.6 Å². The number of ether oxygens (including phenoxy) is 2. The third-order valence-corrected chi connectivity index (χ3v) is 4.44. The van der Waals surface area contributed by atoms with E-state index < -0.39 is 11.7 Å². The highest BCUT2D eigenvalue weighted by molar-refractivity contribution is 5.90. The Labute approximate surface area is 167 Å². The van der Waals surface area contributed by atoms with E-state index in [0.29, 0.717) is 31.7 Å². The van der Waals surface area contributed by atoms with Crippen molar-refractivity contribution in [2.75, 3.05) is 25.0 Å². The SMILES string of the molecule is O=C(CCCCNCC1COc2ccccc2O1)Nc1ccc(C(F)(F)F)cc1. The number of para-hydroxylation sites is 2. The average molecular weight is 408 g/mol. The fraction of sp³-hybridized carbons (Fsp3) is 0.381. The molecule has 0 radical (unpaired) electrons. The Balaban J connectivity index is 1.27. The lowest BCUT2D eigenvalue weighted by Crippen LogP contribution is -2.38. The number of anilines is 1. The summed E-state index contributed by atoms with van der Waals surface area (Å²) in [6, 6.07) is 12.0. The van der Waals surface area contributed by atoms with Gasteiger partial charge in [-0.25, -0.2) is 0 Å². The van der Waals surface area contributed by atoms with E-state index in [1.807, 2.05) is 24.3 Å². The average Bonchev–Trinajstić information content (AvgIpc) is 2.70. The quantitative estimate of drug-likeness (QED) is 0.642. The van der Waals surface area contributed by atoms with Crippen LogP contribution in [-0.2, 0) is 11.0 Å². The maximum Gasteiger partial charge on any atom is 0.416 e. The third kappa shape index (κ3) is 6.39. The van der Waals surface area contributed by atoms with E-state index in [9.17, 15) is 18.0 Å². The molecule has 156 valence electrons. The van der Waals surface area contributed by atoms with Crippen molar-refractivity contribution in [3.05, 3.63) is 54.1 Å². The van der Waals surface area contributed by atoms with Crippen LogP contribution in [0.15, 0.2) is 48.5 Å². The lowest BCUT2D eigenvalue weighted by atomic mass is 10.2. The van der Waals surface area contributed by atoms with Crippen LogP contribution in [-0.4, -0.2) is 31.7 Å². The van der Waals surface area contributed by atoms with E-state index in [-0.39, 0.29) is 12.0 Å². The van der Waals surface area contributed by atoms with Gasteiger partial charge in [-0.15, -0.1) is 0 Å². The maximum atomic E-state index is 12.5. The van der Waals surface area contributed by atoms with Crippen molar-refractivity contribution in [1.29, 1.82) is 0 Å². The van der Waals surface area contributed by atoms with E-state index >= 15 is 0 Å². The number of hydrogen-bond donors (Lipinski definition) is 2. The fourth-order valence-corrected chi connectivity index (χ4v) is 2.93. The number of carbonyl (C=O) groups excluding carboxylic acids is 1. The Kier molecular flexibility index (Phi) is 6.98. The van der Waals surface area contributed by atoms with Gasteiger partial charge in [-0.3, -0.25) is 4.79 Å². The molecule has 0 saturated carbocycles. The molecule has 8 heteroatoms. The van der Waals surface area contributed by atoms with Gasteiger partial charge in [0.25, 0.3) is 0 Å². The summed E-state index contributed by atoms with van der Waals surface area (Å²) in [4.78, 5) is 11.9. The molecule has 0 saturated heterocycles. The summed E-state index contributed by atoms with van der Waals surface area (Å²) in [6.07, 6.45) is -2.67. The van der Waals surface area contributed by atoms with E-state index in [0.717, 1.165) is 36.6 Å². The number of benzene rings is 2. The zero-order valence-electron chi connectivity index (χ0n) is 15.8. The summed E-state index contributed by atoms with van der Waals surface area (Å²) in [5, 5.41) is 5.90. The molecular formula is C21H23F3N2O3. The fourth-order valence-electron chi connectivity index (χ4n) is 2.93. The monoisotopic (exact) mass is 408 g/mol. The number of nitrogens with one attached hydrogen (secondary N) is 2. The number of halogens is 3. The Bertz CT molecular complexity index is 810. The Morgan fingerprint density at radius 2 is 1.76 bits per heavy atom. The summed E-state index contributed by atoms with van der Waals surface area (Å²) in [6.45, 7) is 1.86. The first-order valence-electron chi connectivity index (χ1n) is 9.48. The second kappa shape index (κ2) is 9.65. The number of hydrogen-bond acceptors (Lipinski definition) is 4. The highest BCUT2D eigenvalue weighted by Gasteiger charge is 2.30. The standard InChI is InChI=1S/C21H23F3N2O3/c22-21(23,24)15-8-10-16(11-9-15)26-20(27)7-3-4-12-25-13-17-14-28-18-5-1-2-6-19(18)29-17/h1-2,5-6,8-11,17,25H,3-4,7,12-14H2,(H,26,27). The molecule has 5 nitrogen and oxygen atoms in total. The van der Waals surface area contributed by atoms with Crippen molar-refractivity contribution in [1.82, 2.24) is 5.32 Å². The molecule has 0 fully saturated rings. The van der Waals surface area contributed by atoms with Gasteiger partial charge in [-0.05, 0) is 55.8 Å². The normalized spacial score (nSPS) is 15.8. The molecule has 2 aromatic rings. The summed E-state index contributed by atoms with van der Waals surface area (Å²) in [5.74, 6) is 1.28. The molecule has 29 heavy (non-hydrogen) atoms. The van der Waals surface area contributed by atoms with Crippen LogP contribution in [0, 0.1) is 0 Å². The van der Waals surface area contributed by atoms with E-state index in [4.69, 9.17) is 9.47 Å². The summed E-state index contributed by atoms with van der Waals surface area (Å²) in [7, 11) is 0. The van der Waals surface area contributed by atoms with Crippen LogP contribution in [0.25, 0.3) is 0 Å². The summed E-state index contributed by atoms with van der Waals surface area (Å²) >= 11 is 0. The molecule has 0 aromatic heterocycles. The predicted molar refractivity (Wildman–Crippen MR) is 103 cm³/mol. The van der Waals surface area contributed by atoms with Crippen LogP contribution in [0.1, 0.15) is 24.8 Å². The number of fused-ring (bicyclic) bond motifs is 1. The molecule has 1 aliphatic rings. The molecule has 1 aliphatic heterocycles. The number of carbonyl (C=O) groups is 1. The molecule has 1 amide bonds. The van der Waals surface area contributed by atoms with Crippen LogP contribution < -0.4 is 20.1 Å². The summed E-state index contributed by atoms with van der Waals surface area (Å²) < 4.78 is 49.1. The zero-order chi connectivity index (χ0) is 20.7. The van der Waals surface area contributed by atoms with Crippen LogP contribution in [0.5, 0.6) is 11.5 Å². The predicted octanol–water partition coefficient (Wildman–Crippen LogP) is 4.24. The highest BCUT2D eigenvalue weighted by Crippen LogP contribution is 2.31. The Morgan fingerprint density at radius 1 is 1.03 bits per heavy atom. The molecule has 0 aliphatic carbocycles. The molecule has 2 N–H and O–H groups in total. The van der Waals surface area contributed by atoms with Gasteiger partial charge >= 0.3 is 6.18 Å². The first-order chi connectivity index (χ1) is 13.9. The van der Waals surface area contributed by atoms with Crippen molar-refractivity contribution in [3.8, 4) is 11.5 Å². The number of alkyl halides is 3. The molecule has 1 heterocycles. The number of amides is 1. The smallest absolute Gasteiger partial charge is 0.416 e. The van der Waals surface area contributed by atoms with Crippen LogP contribution in [0.2, 0.25) is 0 Å². The molecule has 0 spiro atoms. The van der Waals surface area contributed by atoms with E-state index in [1.54, 1.807) is 0 Å². The van der Waals surface area contributed by atoms with Crippen LogP contribution in [0.4, 0.5) is 18.9 Å². The van der Waals surface area contributed by atoms with Crippen molar-refractivity contribution in [2.45, 2.75) is 31.5 Å². The van der Waals surface area contributed by atoms with Gasteiger partial charge in [0.05, 0.1) is 5.56 Å². The van der Waals surface area contributed by atoms with Crippen molar-refractivity contribution in [2.24, 2.45) is 0 Å². The largest absolute Gasteiger partial charge is 0.486 e. The van der Waals surface area contributed by atoms with Gasteiger partial charge in [-0.2, -0.15) is 13.2 Å². The van der Waals surface area contributed by atoms with Gasteiger partial charge in [0, 0.05) is 18.7 Å². The highest BCUT2D eigenvalue weighted by atomic mass is 19.4. The molecule has 1 unspecified atom stereocenters. The lowest BCUT2D eigenvalue weighted by Gasteiger charge is -2.26. The lowest BCUT2D eigenvalue weighted by molar-refractivity contribution is -0.137. The first kappa shape index (κ1) is 21.0. The molecule has 1 atom stereocenters. The van der Waals surface area contributed by atoms with Gasteiger partial charge < -0.3 is 20.1 Å². The van der Waals surface area contributed by atoms with Gasteiger partial charge in [-0.1, -0.05) is 12.1 Å². The van der Waals surface area contributed by atoms with Crippen LogP contribution in [0.3, 0.4) is 0 Å². The van der Waals surface area contributed by atoms with Crippen molar-refractivity contribution < 1.29 is 27.4 Å². The molecule has 2 aromatic carbocycles. The van der Waals surface area contributed by atoms with Crippen LogP contribution >= 0.6 is 0 Å². The van der Waals surface area contributed by atoms with Gasteiger partial charge in [0.1, 0.15) is 12.7 Å². The minimum absolute atomic E-state index is 0.0622. The Hall–Kier alpha value is -2.74. The third-order valence-electron chi connectivity index (χ3n) is 4.44. The Morgan fingerprint density at radius 3 is 2.48 bits per heavy atom. The summed E-state index contributed by atoms with van der Waals surface area (Å²) in [5.41, 5.74) is -0.381. The first-order valence-corrected chi connectivity index (χ1v) is 9.48. The number of rotatable bonds is 8. The molecule has 0 bridgehead atoms. The van der Waals surface area contributed by atoms with Crippen molar-refractivity contribution in [3.63, 3.8) is 0 Å².